The quantitative estimate of drug-likeness (QED) is 0.825. The Balaban J connectivity index is 2.13. The second kappa shape index (κ2) is 5.36. The molecular weight excluding hydrogens is 262 g/mol. The molecule has 6 heteroatoms. The van der Waals surface area contributed by atoms with Gasteiger partial charge in [-0.3, -0.25) is 14.9 Å². The molecule has 0 saturated heterocycles. The molecule has 0 aliphatic heterocycles. The van der Waals surface area contributed by atoms with Crippen LogP contribution >= 0.6 is 11.3 Å². The van der Waals surface area contributed by atoms with Gasteiger partial charge >= 0.3 is 11.8 Å². The summed E-state index contributed by atoms with van der Waals surface area (Å²) < 4.78 is 0.986. The lowest BCUT2D eigenvalue weighted by molar-refractivity contribution is -0.136. The average molecular weight is 277 g/mol. The van der Waals surface area contributed by atoms with Gasteiger partial charge in [0.25, 0.3) is 0 Å². The first-order chi connectivity index (χ1) is 8.95. The Bertz CT molecular complexity index is 634. The van der Waals surface area contributed by atoms with Gasteiger partial charge in [-0.05, 0) is 38.5 Å². The fourth-order valence-corrected chi connectivity index (χ4v) is 2.53. The standard InChI is InChI=1S/C13H15N3O2S/c1-7(2)14-11(17)12(18)16-13-15-9-5-4-8(3)6-10(9)19-13/h4-7H,1-3H3,(H,14,17)(H,15,16,18). The highest BCUT2D eigenvalue weighted by Gasteiger charge is 2.16. The Kier molecular flexibility index (Phi) is 3.80. The minimum absolute atomic E-state index is 0.0729. The number of rotatable bonds is 2. The second-order valence-corrected chi connectivity index (χ2v) is 5.60. The largest absolute Gasteiger partial charge is 0.346 e. The number of amides is 2. The Morgan fingerprint density at radius 1 is 1.26 bits per heavy atom. The number of benzene rings is 1. The van der Waals surface area contributed by atoms with Crippen LogP contribution in [0.15, 0.2) is 18.2 Å². The van der Waals surface area contributed by atoms with E-state index in [0.717, 1.165) is 15.8 Å². The normalized spacial score (nSPS) is 10.7. The summed E-state index contributed by atoms with van der Waals surface area (Å²) in [5.74, 6) is -1.34. The number of hydrogen-bond donors (Lipinski definition) is 2. The van der Waals surface area contributed by atoms with Gasteiger partial charge in [-0.2, -0.15) is 0 Å². The van der Waals surface area contributed by atoms with E-state index in [1.165, 1.54) is 11.3 Å². The van der Waals surface area contributed by atoms with Gasteiger partial charge < -0.3 is 5.32 Å². The van der Waals surface area contributed by atoms with Crippen LogP contribution in [0.3, 0.4) is 0 Å². The van der Waals surface area contributed by atoms with Crippen molar-refractivity contribution >= 4 is 38.5 Å². The molecule has 0 radical (unpaired) electrons. The summed E-state index contributed by atoms with van der Waals surface area (Å²) in [6.45, 7) is 5.59. The van der Waals surface area contributed by atoms with Gasteiger partial charge in [0.15, 0.2) is 5.13 Å². The van der Waals surface area contributed by atoms with Gasteiger partial charge in [-0.1, -0.05) is 17.4 Å². The molecule has 2 aromatic rings. The third-order valence-corrected chi connectivity index (χ3v) is 3.32. The van der Waals surface area contributed by atoms with Crippen molar-refractivity contribution in [2.45, 2.75) is 26.8 Å². The number of carbonyl (C=O) groups excluding carboxylic acids is 2. The van der Waals surface area contributed by atoms with E-state index in [4.69, 9.17) is 0 Å². The monoisotopic (exact) mass is 277 g/mol. The lowest BCUT2D eigenvalue weighted by Gasteiger charge is -2.06. The first-order valence-corrected chi connectivity index (χ1v) is 6.76. The van der Waals surface area contributed by atoms with Crippen LogP contribution in [0.4, 0.5) is 5.13 Å². The molecule has 1 heterocycles. The summed E-state index contributed by atoms with van der Waals surface area (Å²) in [7, 11) is 0. The maximum absolute atomic E-state index is 11.6. The van der Waals surface area contributed by atoms with Crippen LogP contribution in [0.25, 0.3) is 10.2 Å². The first-order valence-electron chi connectivity index (χ1n) is 5.95. The zero-order valence-corrected chi connectivity index (χ0v) is 11.8. The van der Waals surface area contributed by atoms with E-state index in [1.54, 1.807) is 13.8 Å². The second-order valence-electron chi connectivity index (χ2n) is 4.57. The number of nitrogens with one attached hydrogen (secondary N) is 2. The summed E-state index contributed by atoms with van der Waals surface area (Å²) in [5, 5.41) is 5.48. The number of carbonyl (C=O) groups is 2. The minimum Gasteiger partial charge on any atom is -0.346 e. The highest BCUT2D eigenvalue weighted by Crippen LogP contribution is 2.26. The van der Waals surface area contributed by atoms with Gasteiger partial charge in [0.1, 0.15) is 0 Å². The molecule has 19 heavy (non-hydrogen) atoms. The fourth-order valence-electron chi connectivity index (χ4n) is 1.57. The van der Waals surface area contributed by atoms with Crippen LogP contribution in [-0.2, 0) is 9.59 Å². The highest BCUT2D eigenvalue weighted by atomic mass is 32.1. The van der Waals surface area contributed by atoms with Gasteiger partial charge in [0.2, 0.25) is 0 Å². The molecule has 2 amide bonds. The zero-order chi connectivity index (χ0) is 14.0. The summed E-state index contributed by atoms with van der Waals surface area (Å²) >= 11 is 1.35. The highest BCUT2D eigenvalue weighted by molar-refractivity contribution is 7.22. The summed E-state index contributed by atoms with van der Waals surface area (Å²) in [4.78, 5) is 27.4. The van der Waals surface area contributed by atoms with Crippen molar-refractivity contribution in [1.29, 1.82) is 0 Å². The molecule has 2 N–H and O–H groups in total. The predicted octanol–water partition coefficient (Wildman–Crippen LogP) is 2.07. The molecule has 100 valence electrons. The number of aryl methyl sites for hydroxylation is 1. The molecule has 0 aliphatic rings. The molecule has 0 unspecified atom stereocenters. The number of anilines is 1. The molecule has 0 atom stereocenters. The van der Waals surface area contributed by atoms with E-state index in [9.17, 15) is 9.59 Å². The molecule has 0 aliphatic carbocycles. The van der Waals surface area contributed by atoms with Crippen molar-refractivity contribution in [2.75, 3.05) is 5.32 Å². The van der Waals surface area contributed by atoms with E-state index in [0.29, 0.717) is 5.13 Å². The van der Waals surface area contributed by atoms with Crippen LogP contribution in [0.5, 0.6) is 0 Å². The average Bonchev–Trinajstić information content (AvgIpc) is 2.69. The first kappa shape index (κ1) is 13.5. The smallest absolute Gasteiger partial charge is 0.315 e. The zero-order valence-electron chi connectivity index (χ0n) is 11.0. The molecule has 0 fully saturated rings. The lowest BCUT2D eigenvalue weighted by Crippen LogP contribution is -2.39. The van der Waals surface area contributed by atoms with Crippen LogP contribution in [-0.4, -0.2) is 22.8 Å². The van der Waals surface area contributed by atoms with Crippen LogP contribution < -0.4 is 10.6 Å². The fraction of sp³-hybridized carbons (Fsp3) is 0.308. The molecule has 0 spiro atoms. The number of nitrogens with zero attached hydrogens (tertiary/aromatic N) is 1. The number of thiazole rings is 1. The molecular formula is C13H15N3O2S. The van der Waals surface area contributed by atoms with Crippen molar-refractivity contribution in [3.63, 3.8) is 0 Å². The third kappa shape index (κ3) is 3.29. The molecule has 1 aromatic carbocycles. The summed E-state index contributed by atoms with van der Waals surface area (Å²) in [6.07, 6.45) is 0. The van der Waals surface area contributed by atoms with E-state index in [-0.39, 0.29) is 6.04 Å². The van der Waals surface area contributed by atoms with Crippen molar-refractivity contribution in [3.8, 4) is 0 Å². The number of fused-ring (bicyclic) bond motifs is 1. The predicted molar refractivity (Wildman–Crippen MR) is 76.3 cm³/mol. The van der Waals surface area contributed by atoms with E-state index in [1.807, 2.05) is 25.1 Å². The van der Waals surface area contributed by atoms with E-state index < -0.39 is 11.8 Å². The van der Waals surface area contributed by atoms with Gasteiger partial charge in [0, 0.05) is 6.04 Å². The van der Waals surface area contributed by atoms with Crippen molar-refractivity contribution in [2.24, 2.45) is 0 Å². The molecule has 0 saturated carbocycles. The third-order valence-electron chi connectivity index (χ3n) is 2.39. The molecule has 1 aromatic heterocycles. The minimum atomic E-state index is -0.690. The van der Waals surface area contributed by atoms with Gasteiger partial charge in [-0.25, -0.2) is 4.98 Å². The van der Waals surface area contributed by atoms with E-state index in [2.05, 4.69) is 15.6 Å². The Morgan fingerprint density at radius 3 is 2.68 bits per heavy atom. The van der Waals surface area contributed by atoms with E-state index >= 15 is 0 Å². The summed E-state index contributed by atoms with van der Waals surface area (Å²) in [6, 6.07) is 5.78. The maximum Gasteiger partial charge on any atom is 0.315 e. The van der Waals surface area contributed by atoms with Crippen LogP contribution in [0.1, 0.15) is 19.4 Å². The molecule has 2 rings (SSSR count). The maximum atomic E-state index is 11.6. The number of aromatic nitrogens is 1. The lowest BCUT2D eigenvalue weighted by atomic mass is 10.2. The topological polar surface area (TPSA) is 71.1 Å². The SMILES string of the molecule is Cc1ccc2nc(NC(=O)C(=O)NC(C)C)sc2c1. The van der Waals surface area contributed by atoms with Gasteiger partial charge in [-0.15, -0.1) is 0 Å². The molecule has 0 bridgehead atoms. The van der Waals surface area contributed by atoms with Crippen molar-refractivity contribution in [3.05, 3.63) is 23.8 Å². The van der Waals surface area contributed by atoms with Crippen molar-refractivity contribution in [1.82, 2.24) is 10.3 Å². The van der Waals surface area contributed by atoms with Crippen molar-refractivity contribution < 1.29 is 9.59 Å². The molecule has 5 nitrogen and oxygen atoms in total. The van der Waals surface area contributed by atoms with Crippen LogP contribution in [0.2, 0.25) is 0 Å². The summed E-state index contributed by atoms with van der Waals surface area (Å²) in [5.41, 5.74) is 1.95. The number of hydrogen-bond acceptors (Lipinski definition) is 4. The van der Waals surface area contributed by atoms with Gasteiger partial charge in [0.05, 0.1) is 10.2 Å². The Hall–Kier alpha value is -1.95. The van der Waals surface area contributed by atoms with Crippen LogP contribution in [0, 0.1) is 6.92 Å². The Morgan fingerprint density at radius 2 is 2.00 bits per heavy atom. The Labute approximate surface area is 115 Å².